The van der Waals surface area contributed by atoms with Gasteiger partial charge in [0, 0.05) is 29.9 Å². The van der Waals surface area contributed by atoms with Crippen LogP contribution in [0, 0.1) is 17.8 Å². The first-order valence-electron chi connectivity index (χ1n) is 22.3. The third-order valence-corrected chi connectivity index (χ3v) is 13.6. The number of fused-ring (bicyclic) bond motifs is 4. The van der Waals surface area contributed by atoms with Crippen LogP contribution in [0.3, 0.4) is 0 Å². The summed E-state index contributed by atoms with van der Waals surface area (Å²) in [7, 11) is 4.77. The maximum Gasteiger partial charge on any atom is 0.324 e. The Kier molecular flexibility index (Phi) is 11.6. The second-order valence-electron chi connectivity index (χ2n) is 17.1. The monoisotopic (exact) mass is 895 g/mol. The van der Waals surface area contributed by atoms with Crippen molar-refractivity contribution in [3.05, 3.63) is 184 Å². The minimum atomic E-state index is -1.74. The number of aliphatic hydroxyl groups excluding tert-OH is 1. The Balaban J connectivity index is 1.22. The summed E-state index contributed by atoms with van der Waals surface area (Å²) < 4.78 is 29.4. The molecule has 6 aromatic carbocycles. The number of ether oxygens (including phenoxy) is 5. The number of benzene rings is 6. The summed E-state index contributed by atoms with van der Waals surface area (Å²) in [4.78, 5) is 51.3. The fourth-order valence-corrected chi connectivity index (χ4v) is 10.7. The number of carbonyl (C=O) groups is 3. The zero-order valence-corrected chi connectivity index (χ0v) is 37.3. The minimum absolute atomic E-state index is 0.0361. The van der Waals surface area contributed by atoms with Gasteiger partial charge >= 0.3 is 5.97 Å². The number of aliphatic hydroxyl groups is 1. The van der Waals surface area contributed by atoms with Crippen LogP contribution in [0.2, 0.25) is 0 Å². The summed E-state index contributed by atoms with van der Waals surface area (Å²) in [6.07, 6.45) is -0.325. The molecule has 12 heteroatoms. The van der Waals surface area contributed by atoms with E-state index in [1.807, 2.05) is 133 Å². The molecule has 2 saturated heterocycles. The molecule has 12 nitrogen and oxygen atoms in total. The Labute approximate surface area is 389 Å². The molecule has 2 fully saturated rings. The predicted molar refractivity (Wildman–Crippen MR) is 250 cm³/mol. The lowest BCUT2D eigenvalue weighted by Crippen LogP contribution is -2.56. The second-order valence-corrected chi connectivity index (χ2v) is 17.1. The van der Waals surface area contributed by atoms with E-state index in [2.05, 4.69) is 22.1 Å². The van der Waals surface area contributed by atoms with Gasteiger partial charge in [-0.15, -0.1) is 0 Å². The first-order chi connectivity index (χ1) is 32.8. The number of esters is 1. The Morgan fingerprint density at radius 1 is 0.731 bits per heavy atom. The van der Waals surface area contributed by atoms with Crippen LogP contribution < -0.4 is 24.3 Å². The summed E-state index contributed by atoms with van der Waals surface area (Å²) in [5.74, 6) is 6.14. The van der Waals surface area contributed by atoms with Crippen molar-refractivity contribution in [2.75, 3.05) is 46.4 Å². The number of amides is 2. The van der Waals surface area contributed by atoms with Gasteiger partial charge in [-0.05, 0) is 107 Å². The van der Waals surface area contributed by atoms with Gasteiger partial charge in [0.15, 0.2) is 11.5 Å². The van der Waals surface area contributed by atoms with Crippen LogP contribution in [0.25, 0.3) is 0 Å². The van der Waals surface area contributed by atoms with Crippen molar-refractivity contribution in [1.82, 2.24) is 9.80 Å². The van der Waals surface area contributed by atoms with E-state index in [1.165, 1.54) is 0 Å². The SMILES string of the molecule is COc1ccc(C#Cc2ccc3c(c2)[C@]2(C(=O)N3)[C@H](C(=O)N3CCc4cc(OC)c(OC)cc4C3)[C@H]3C(=O)O[C@H](c4ccccc4)[C@H](c4ccccc4)N3[C@@H]2c2cccc(OCCO)c2)cc1. The summed E-state index contributed by atoms with van der Waals surface area (Å²) in [5, 5.41) is 13.0. The molecule has 6 atom stereocenters. The van der Waals surface area contributed by atoms with Crippen LogP contribution in [0.1, 0.15) is 62.7 Å². The summed E-state index contributed by atoms with van der Waals surface area (Å²) in [6, 6.07) is 40.7. The van der Waals surface area contributed by atoms with Crippen molar-refractivity contribution in [2.24, 2.45) is 5.92 Å². The van der Waals surface area contributed by atoms with E-state index in [4.69, 9.17) is 23.7 Å². The molecule has 10 rings (SSSR count). The van der Waals surface area contributed by atoms with Crippen molar-refractivity contribution in [2.45, 2.75) is 42.6 Å². The Bertz CT molecular complexity index is 2910. The highest BCUT2D eigenvalue weighted by atomic mass is 16.6. The lowest BCUT2D eigenvalue weighted by atomic mass is 9.64. The zero-order chi connectivity index (χ0) is 46.2. The molecule has 0 aliphatic carbocycles. The normalized spacial score (nSPS) is 22.6. The smallest absolute Gasteiger partial charge is 0.324 e. The maximum absolute atomic E-state index is 16.2. The number of hydrogen-bond donors (Lipinski definition) is 2. The van der Waals surface area contributed by atoms with Crippen LogP contribution in [-0.2, 0) is 37.5 Å². The standard InChI is InChI=1S/C55H49N3O9/c1-63-41-22-19-34(20-23-41)17-18-35-21-24-44-43(29-35)55(54(62)56-44)47(52(60)57-26-25-38-31-45(64-2)46(65-3)32-40(38)33-57)49-53(61)67-50(37-13-8-5-9-14-37)48(36-11-6-4-7-12-36)58(49)51(55)39-15-10-16-42(30-39)66-28-27-59/h4-16,19-24,29-32,47-51,59H,25-28,33H2,1-3H3,(H,56,62)/t47-,48-,49-,50+,51+,55-/m0/s1. The molecule has 0 aromatic heterocycles. The molecule has 4 heterocycles. The molecule has 0 radical (unpaired) electrons. The summed E-state index contributed by atoms with van der Waals surface area (Å²) >= 11 is 0. The Hall–Kier alpha value is -7.59. The van der Waals surface area contributed by atoms with Gasteiger partial charge in [-0.1, -0.05) is 84.6 Å². The van der Waals surface area contributed by atoms with Crippen LogP contribution >= 0.6 is 0 Å². The molecule has 2 amide bonds. The predicted octanol–water partition coefficient (Wildman–Crippen LogP) is 7.34. The zero-order valence-electron chi connectivity index (χ0n) is 37.3. The molecule has 338 valence electrons. The van der Waals surface area contributed by atoms with Gasteiger partial charge in [0.2, 0.25) is 11.8 Å². The molecule has 1 spiro atoms. The topological polar surface area (TPSA) is 136 Å². The van der Waals surface area contributed by atoms with E-state index in [0.29, 0.717) is 58.3 Å². The highest BCUT2D eigenvalue weighted by Gasteiger charge is 2.74. The van der Waals surface area contributed by atoms with E-state index in [0.717, 1.165) is 27.8 Å². The van der Waals surface area contributed by atoms with Gasteiger partial charge in [0.25, 0.3) is 0 Å². The maximum atomic E-state index is 16.2. The molecule has 4 aliphatic rings. The van der Waals surface area contributed by atoms with Crippen LogP contribution in [0.4, 0.5) is 5.69 Å². The highest BCUT2D eigenvalue weighted by Crippen LogP contribution is 2.65. The van der Waals surface area contributed by atoms with E-state index in [1.54, 1.807) is 32.3 Å². The minimum Gasteiger partial charge on any atom is -0.497 e. The lowest BCUT2D eigenvalue weighted by molar-refractivity contribution is -0.179. The number of hydrogen-bond acceptors (Lipinski definition) is 10. The number of nitrogens with one attached hydrogen (secondary N) is 1. The van der Waals surface area contributed by atoms with Crippen molar-refractivity contribution in [3.63, 3.8) is 0 Å². The van der Waals surface area contributed by atoms with Gasteiger partial charge in [-0.25, -0.2) is 0 Å². The largest absolute Gasteiger partial charge is 0.497 e. The van der Waals surface area contributed by atoms with E-state index in [-0.39, 0.29) is 25.7 Å². The van der Waals surface area contributed by atoms with Crippen molar-refractivity contribution >= 4 is 23.5 Å². The number of cyclic esters (lactones) is 1. The van der Waals surface area contributed by atoms with Crippen LogP contribution in [0.15, 0.2) is 140 Å². The molecule has 0 unspecified atom stereocenters. The van der Waals surface area contributed by atoms with Gasteiger partial charge in [-0.3, -0.25) is 19.3 Å². The molecule has 67 heavy (non-hydrogen) atoms. The highest BCUT2D eigenvalue weighted by molar-refractivity contribution is 6.12. The second kappa shape index (κ2) is 18.0. The summed E-state index contributed by atoms with van der Waals surface area (Å²) in [6.45, 7) is 0.348. The van der Waals surface area contributed by atoms with Crippen LogP contribution in [0.5, 0.6) is 23.0 Å². The number of anilines is 1. The average Bonchev–Trinajstić information content (AvgIpc) is 3.85. The number of nitrogens with zero attached hydrogens (tertiary/aromatic N) is 2. The molecular weight excluding hydrogens is 847 g/mol. The summed E-state index contributed by atoms with van der Waals surface area (Å²) in [5.41, 5.74) is 4.80. The third kappa shape index (κ3) is 7.50. The number of carbonyl (C=O) groups excluding carboxylic acids is 3. The van der Waals surface area contributed by atoms with Crippen molar-refractivity contribution in [3.8, 4) is 34.8 Å². The fraction of sp³-hybridized carbons (Fsp3) is 0.255. The molecule has 0 saturated carbocycles. The molecule has 4 aliphatic heterocycles. The van der Waals surface area contributed by atoms with Crippen LogP contribution in [-0.4, -0.2) is 79.8 Å². The number of methoxy groups -OCH3 is 3. The average molecular weight is 896 g/mol. The first-order valence-corrected chi connectivity index (χ1v) is 22.3. The third-order valence-electron chi connectivity index (χ3n) is 13.6. The molecular formula is C55H49N3O9. The van der Waals surface area contributed by atoms with Gasteiger partial charge in [0.05, 0.1) is 45.9 Å². The number of morpholine rings is 1. The first kappa shape index (κ1) is 43.3. The van der Waals surface area contributed by atoms with E-state index in [9.17, 15) is 5.11 Å². The van der Waals surface area contributed by atoms with Crippen molar-refractivity contribution in [1.29, 1.82) is 0 Å². The fourth-order valence-electron chi connectivity index (χ4n) is 10.7. The van der Waals surface area contributed by atoms with Crippen molar-refractivity contribution < 1.29 is 43.2 Å². The Morgan fingerprint density at radius 2 is 1.40 bits per heavy atom. The molecule has 0 bridgehead atoms. The molecule has 6 aromatic rings. The Morgan fingerprint density at radius 3 is 2.10 bits per heavy atom. The van der Waals surface area contributed by atoms with Gasteiger partial charge < -0.3 is 39.0 Å². The van der Waals surface area contributed by atoms with E-state index >= 15 is 14.4 Å². The number of rotatable bonds is 10. The lowest BCUT2D eigenvalue weighted by Gasteiger charge is -2.46. The van der Waals surface area contributed by atoms with Gasteiger partial charge in [0.1, 0.15) is 35.7 Å². The van der Waals surface area contributed by atoms with Gasteiger partial charge in [-0.2, -0.15) is 0 Å². The quantitative estimate of drug-likeness (QED) is 0.106. The van der Waals surface area contributed by atoms with E-state index < -0.39 is 47.4 Å². The molecule has 2 N–H and O–H groups in total.